The molecule has 0 atom stereocenters. The number of nitrogens with zero attached hydrogens (tertiary/aromatic N) is 1. The van der Waals surface area contributed by atoms with Crippen LogP contribution < -0.4 is 0 Å². The second kappa shape index (κ2) is 5.92. The molecule has 0 saturated heterocycles. The smallest absolute Gasteiger partial charge is 0.0741 e. The number of hydrogen-bond acceptors (Lipinski definition) is 1. The highest BCUT2D eigenvalue weighted by molar-refractivity contribution is 5.70. The van der Waals surface area contributed by atoms with Crippen LogP contribution in [-0.2, 0) is 6.42 Å². The molecule has 0 radical (unpaired) electrons. The Bertz CT molecular complexity index is 731. The molecule has 0 fully saturated rings. The van der Waals surface area contributed by atoms with Crippen LogP contribution in [0.5, 0.6) is 0 Å². The SMILES string of the molecule is CCc1cc(-c2ccccc2)nc(-c2ccccc2)c1C. The Morgan fingerprint density at radius 1 is 0.810 bits per heavy atom. The van der Waals surface area contributed by atoms with E-state index in [4.69, 9.17) is 4.98 Å². The lowest BCUT2D eigenvalue weighted by atomic mass is 9.98. The van der Waals surface area contributed by atoms with Gasteiger partial charge in [0.1, 0.15) is 0 Å². The summed E-state index contributed by atoms with van der Waals surface area (Å²) >= 11 is 0. The summed E-state index contributed by atoms with van der Waals surface area (Å²) < 4.78 is 0. The predicted molar refractivity (Wildman–Crippen MR) is 89.2 cm³/mol. The van der Waals surface area contributed by atoms with Crippen molar-refractivity contribution in [2.75, 3.05) is 0 Å². The molecule has 0 saturated carbocycles. The fourth-order valence-corrected chi connectivity index (χ4v) is 2.66. The fourth-order valence-electron chi connectivity index (χ4n) is 2.66. The zero-order chi connectivity index (χ0) is 14.7. The molecule has 1 nitrogen and oxygen atoms in total. The van der Waals surface area contributed by atoms with Gasteiger partial charge >= 0.3 is 0 Å². The van der Waals surface area contributed by atoms with Crippen molar-refractivity contribution in [3.05, 3.63) is 77.9 Å². The largest absolute Gasteiger partial charge is 0.247 e. The Morgan fingerprint density at radius 2 is 1.38 bits per heavy atom. The van der Waals surface area contributed by atoms with Crippen LogP contribution >= 0.6 is 0 Å². The van der Waals surface area contributed by atoms with Crippen molar-refractivity contribution >= 4 is 0 Å². The molecule has 1 heteroatoms. The van der Waals surface area contributed by atoms with E-state index in [1.54, 1.807) is 0 Å². The van der Waals surface area contributed by atoms with E-state index in [9.17, 15) is 0 Å². The van der Waals surface area contributed by atoms with Gasteiger partial charge in [0.25, 0.3) is 0 Å². The van der Waals surface area contributed by atoms with E-state index >= 15 is 0 Å². The lowest BCUT2D eigenvalue weighted by Crippen LogP contribution is -1.97. The number of aryl methyl sites for hydroxylation is 1. The molecule has 1 heterocycles. The molecule has 0 bridgehead atoms. The van der Waals surface area contributed by atoms with Gasteiger partial charge in [0.15, 0.2) is 0 Å². The molecule has 0 aliphatic rings. The minimum absolute atomic E-state index is 1.02. The Morgan fingerprint density at radius 3 is 1.95 bits per heavy atom. The quantitative estimate of drug-likeness (QED) is 0.632. The lowest BCUT2D eigenvalue weighted by Gasteiger charge is -2.13. The zero-order valence-corrected chi connectivity index (χ0v) is 12.5. The number of hydrogen-bond donors (Lipinski definition) is 0. The molecule has 0 spiro atoms. The van der Waals surface area contributed by atoms with Gasteiger partial charge in [-0.3, -0.25) is 0 Å². The highest BCUT2D eigenvalue weighted by atomic mass is 14.7. The van der Waals surface area contributed by atoms with Crippen molar-refractivity contribution in [2.24, 2.45) is 0 Å². The maximum absolute atomic E-state index is 4.92. The van der Waals surface area contributed by atoms with Crippen LogP contribution in [0.25, 0.3) is 22.5 Å². The lowest BCUT2D eigenvalue weighted by molar-refractivity contribution is 1.09. The van der Waals surface area contributed by atoms with Crippen LogP contribution in [0.4, 0.5) is 0 Å². The van der Waals surface area contributed by atoms with Gasteiger partial charge < -0.3 is 0 Å². The number of aromatic nitrogens is 1. The molecule has 0 N–H and O–H groups in total. The number of benzene rings is 2. The maximum Gasteiger partial charge on any atom is 0.0741 e. The van der Waals surface area contributed by atoms with Crippen LogP contribution in [0.15, 0.2) is 66.7 Å². The first-order valence-electron chi connectivity index (χ1n) is 7.41. The van der Waals surface area contributed by atoms with E-state index in [2.05, 4.69) is 68.4 Å². The highest BCUT2D eigenvalue weighted by Crippen LogP contribution is 2.28. The summed E-state index contributed by atoms with van der Waals surface area (Å²) in [5, 5.41) is 0. The van der Waals surface area contributed by atoms with Gasteiger partial charge in [0.05, 0.1) is 11.4 Å². The molecule has 104 valence electrons. The third-order valence-corrected chi connectivity index (χ3v) is 3.88. The summed E-state index contributed by atoms with van der Waals surface area (Å²) in [5.74, 6) is 0. The molecular weight excluding hydrogens is 254 g/mol. The van der Waals surface area contributed by atoms with E-state index in [1.807, 2.05) is 12.1 Å². The molecule has 0 aliphatic heterocycles. The van der Waals surface area contributed by atoms with Crippen molar-refractivity contribution in [3.8, 4) is 22.5 Å². The van der Waals surface area contributed by atoms with Gasteiger partial charge in [-0.1, -0.05) is 67.6 Å². The summed E-state index contributed by atoms with van der Waals surface area (Å²) in [6, 6.07) is 23.0. The first kappa shape index (κ1) is 13.6. The van der Waals surface area contributed by atoms with E-state index in [-0.39, 0.29) is 0 Å². The van der Waals surface area contributed by atoms with Gasteiger partial charge in [-0.15, -0.1) is 0 Å². The summed E-state index contributed by atoms with van der Waals surface area (Å²) in [6.07, 6.45) is 1.02. The van der Waals surface area contributed by atoms with E-state index in [0.717, 1.165) is 17.8 Å². The van der Waals surface area contributed by atoms with Crippen molar-refractivity contribution in [2.45, 2.75) is 20.3 Å². The second-order valence-corrected chi connectivity index (χ2v) is 5.23. The van der Waals surface area contributed by atoms with Gasteiger partial charge in [-0.25, -0.2) is 4.98 Å². The molecule has 3 aromatic rings. The Labute approximate surface area is 126 Å². The minimum atomic E-state index is 1.02. The zero-order valence-electron chi connectivity index (χ0n) is 12.5. The summed E-state index contributed by atoms with van der Waals surface area (Å²) in [7, 11) is 0. The second-order valence-electron chi connectivity index (χ2n) is 5.23. The normalized spacial score (nSPS) is 10.6. The standard InChI is InChI=1S/C20H19N/c1-3-16-14-19(17-10-6-4-7-11-17)21-20(15(16)2)18-12-8-5-9-13-18/h4-14H,3H2,1-2H3. The van der Waals surface area contributed by atoms with Crippen LogP contribution in [0, 0.1) is 6.92 Å². The van der Waals surface area contributed by atoms with E-state index < -0.39 is 0 Å². The monoisotopic (exact) mass is 273 g/mol. The first-order chi connectivity index (χ1) is 10.3. The van der Waals surface area contributed by atoms with Crippen molar-refractivity contribution in [3.63, 3.8) is 0 Å². The summed E-state index contributed by atoms with van der Waals surface area (Å²) in [4.78, 5) is 4.92. The van der Waals surface area contributed by atoms with Crippen LogP contribution in [0.2, 0.25) is 0 Å². The molecule has 21 heavy (non-hydrogen) atoms. The number of rotatable bonds is 3. The Balaban J connectivity index is 2.21. The third-order valence-electron chi connectivity index (χ3n) is 3.88. The Hall–Kier alpha value is -2.41. The van der Waals surface area contributed by atoms with E-state index in [0.29, 0.717) is 0 Å². The highest BCUT2D eigenvalue weighted by Gasteiger charge is 2.10. The molecule has 2 aromatic carbocycles. The topological polar surface area (TPSA) is 12.9 Å². The average Bonchev–Trinajstić information content (AvgIpc) is 2.56. The summed E-state index contributed by atoms with van der Waals surface area (Å²) in [6.45, 7) is 4.37. The fraction of sp³-hybridized carbons (Fsp3) is 0.150. The molecule has 0 aliphatic carbocycles. The van der Waals surface area contributed by atoms with Crippen LogP contribution in [0.3, 0.4) is 0 Å². The maximum atomic E-state index is 4.92. The predicted octanol–water partition coefficient (Wildman–Crippen LogP) is 5.29. The van der Waals surface area contributed by atoms with Crippen LogP contribution in [-0.4, -0.2) is 4.98 Å². The summed E-state index contributed by atoms with van der Waals surface area (Å²) in [5.41, 5.74) is 7.14. The van der Waals surface area contributed by atoms with Gasteiger partial charge in [0, 0.05) is 11.1 Å². The molecule has 1 aromatic heterocycles. The van der Waals surface area contributed by atoms with Gasteiger partial charge in [0.2, 0.25) is 0 Å². The molecule has 0 amide bonds. The van der Waals surface area contributed by atoms with Crippen molar-refractivity contribution < 1.29 is 0 Å². The number of pyridine rings is 1. The van der Waals surface area contributed by atoms with Crippen molar-refractivity contribution in [1.82, 2.24) is 4.98 Å². The van der Waals surface area contributed by atoms with Crippen LogP contribution in [0.1, 0.15) is 18.1 Å². The Kier molecular flexibility index (Phi) is 3.83. The van der Waals surface area contributed by atoms with Crippen molar-refractivity contribution in [1.29, 1.82) is 0 Å². The molecule has 3 rings (SSSR count). The van der Waals surface area contributed by atoms with Gasteiger partial charge in [-0.05, 0) is 30.5 Å². The third kappa shape index (κ3) is 2.73. The van der Waals surface area contributed by atoms with Gasteiger partial charge in [-0.2, -0.15) is 0 Å². The minimum Gasteiger partial charge on any atom is -0.247 e. The first-order valence-corrected chi connectivity index (χ1v) is 7.41. The molecular formula is C20H19N. The molecule has 0 unspecified atom stereocenters. The van der Waals surface area contributed by atoms with E-state index in [1.165, 1.54) is 22.3 Å². The average molecular weight is 273 g/mol.